The van der Waals surface area contributed by atoms with E-state index in [0.717, 1.165) is 96.8 Å². The predicted molar refractivity (Wildman–Crippen MR) is 450 cm³/mol. The molecule has 4 amide bonds. The largest absolute Gasteiger partial charge is 0.491 e. The lowest BCUT2D eigenvalue weighted by molar-refractivity contribution is 0.111. The van der Waals surface area contributed by atoms with Crippen LogP contribution in [0.1, 0.15) is 27.8 Å². The van der Waals surface area contributed by atoms with Crippen LogP contribution in [0.4, 0.5) is 9.59 Å². The van der Waals surface area contributed by atoms with E-state index in [1.54, 1.807) is 19.6 Å². The highest BCUT2D eigenvalue weighted by Gasteiger charge is 2.62. The molecule has 13 saturated heterocycles. The molecule has 0 saturated carbocycles. The number of fused-ring (bicyclic) bond motifs is 7. The van der Waals surface area contributed by atoms with E-state index >= 15 is 0 Å². The molecule has 13 fully saturated rings. The maximum atomic E-state index is 13.2. The number of nitrogens with zero attached hydrogens (tertiary/aromatic N) is 7. The normalized spacial score (nSPS) is 25.5. The van der Waals surface area contributed by atoms with Gasteiger partial charge in [-0.1, -0.05) is 121 Å². The van der Waals surface area contributed by atoms with Gasteiger partial charge in [-0.15, -0.1) is 12.8 Å². The van der Waals surface area contributed by atoms with Gasteiger partial charge in [-0.2, -0.15) is 0 Å². The monoisotopic (exact) mass is 1670 g/mol. The minimum absolute atomic E-state index is 0.0399. The number of hydrogen-bond acceptors (Lipinski definition) is 21. The maximum Gasteiger partial charge on any atom is 0.336 e. The van der Waals surface area contributed by atoms with E-state index in [1.165, 1.54) is 49.7 Å². The summed E-state index contributed by atoms with van der Waals surface area (Å²) < 4.78 is 89.1. The molecule has 28 nitrogen and oxygen atoms in total. The summed E-state index contributed by atoms with van der Waals surface area (Å²) in [6.07, 6.45) is 11.8. The van der Waals surface area contributed by atoms with Crippen molar-refractivity contribution in [1.82, 2.24) is 33.3 Å². The van der Waals surface area contributed by atoms with E-state index in [1.807, 2.05) is 60.7 Å². The molecule has 123 heavy (non-hydrogen) atoms. The molecule has 0 spiro atoms. The summed E-state index contributed by atoms with van der Waals surface area (Å²) in [5.41, 5.74) is 6.73. The Labute approximate surface area is 708 Å². The van der Waals surface area contributed by atoms with Crippen molar-refractivity contribution in [3.05, 3.63) is 241 Å². The van der Waals surface area contributed by atoms with Crippen LogP contribution >= 0.6 is 0 Å². The first kappa shape index (κ1) is 79.8. The zero-order valence-corrected chi connectivity index (χ0v) is 67.7. The number of carbonyl (C=O) groups is 2. The molecule has 24 rings (SSSR count). The predicted octanol–water partition coefficient (Wildman–Crippen LogP) is 8.26. The molecule has 28 heteroatoms. The van der Waals surface area contributed by atoms with E-state index in [2.05, 4.69) is 133 Å². The van der Waals surface area contributed by atoms with Crippen LogP contribution in [0.3, 0.4) is 0 Å². The first-order valence-electron chi connectivity index (χ1n) is 42.1. The average molecular weight is 1670 g/mol. The molecular formula is C95H93N7O21. The summed E-state index contributed by atoms with van der Waals surface area (Å²) in [7, 11) is 0. The first-order chi connectivity index (χ1) is 60.3. The zero-order valence-electron chi connectivity index (χ0n) is 67.7. The van der Waals surface area contributed by atoms with E-state index in [0.29, 0.717) is 105 Å². The molecule has 9 aromatic carbocycles. The fourth-order valence-corrected chi connectivity index (χ4v) is 16.3. The second kappa shape index (κ2) is 34.6. The van der Waals surface area contributed by atoms with Crippen LogP contribution in [0.25, 0.3) is 43.4 Å². The topological polar surface area (TPSA) is 297 Å². The van der Waals surface area contributed by atoms with Crippen LogP contribution in [0.15, 0.2) is 196 Å². The number of aromatic nitrogens is 3. The second-order valence-electron chi connectivity index (χ2n) is 32.9. The summed E-state index contributed by atoms with van der Waals surface area (Å²) in [4.78, 5) is 70.6. The Morgan fingerprint density at radius 2 is 0.602 bits per heavy atom. The van der Waals surface area contributed by atoms with Gasteiger partial charge in [0.05, 0.1) is 173 Å². The lowest BCUT2D eigenvalue weighted by Gasteiger charge is -2.34. The fourth-order valence-electron chi connectivity index (χ4n) is 16.3. The van der Waals surface area contributed by atoms with Crippen LogP contribution in [-0.4, -0.2) is 257 Å². The zero-order chi connectivity index (χ0) is 83.2. The Hall–Kier alpha value is -11.6. The number of amides is 4. The third-order valence-electron chi connectivity index (χ3n) is 23.7. The Morgan fingerprint density at radius 3 is 0.951 bits per heavy atom. The van der Waals surface area contributed by atoms with Gasteiger partial charge in [-0.05, 0) is 144 Å². The third-order valence-corrected chi connectivity index (χ3v) is 23.7. The van der Waals surface area contributed by atoms with Crippen molar-refractivity contribution < 1.29 is 85.4 Å². The lowest BCUT2D eigenvalue weighted by Crippen LogP contribution is -2.55. The highest BCUT2D eigenvalue weighted by molar-refractivity contribution is 5.93. The molecule has 0 N–H and O–H groups in total. The number of hydrogen-bond donors (Lipinski definition) is 0. The van der Waals surface area contributed by atoms with Gasteiger partial charge in [-0.3, -0.25) is 19.6 Å². The van der Waals surface area contributed by atoms with Crippen LogP contribution in [0.2, 0.25) is 0 Å². The molecule has 0 radical (unpaired) electrons. The van der Waals surface area contributed by atoms with Crippen LogP contribution in [0.5, 0.6) is 28.7 Å². The van der Waals surface area contributed by atoms with Crippen molar-refractivity contribution in [3.63, 3.8) is 0 Å². The summed E-state index contributed by atoms with van der Waals surface area (Å²) >= 11 is 0. The number of rotatable bonds is 31. The van der Waals surface area contributed by atoms with Gasteiger partial charge in [0.2, 0.25) is 0 Å². The van der Waals surface area contributed by atoms with Crippen molar-refractivity contribution in [2.45, 2.75) is 111 Å². The molecule has 14 heterocycles. The number of ether oxygens (including phenoxy) is 16. The summed E-state index contributed by atoms with van der Waals surface area (Å²) in [6.45, 7) is 12.6. The molecule has 1 aromatic heterocycles. The second-order valence-corrected chi connectivity index (χ2v) is 32.9. The number of benzene rings is 9. The van der Waals surface area contributed by atoms with Crippen molar-refractivity contribution in [2.24, 2.45) is 0 Å². The van der Waals surface area contributed by atoms with Crippen molar-refractivity contribution in [2.75, 3.05) is 132 Å². The number of carbonyl (C=O) groups excluding carboxylic acids is 2. The molecule has 11 unspecified atom stereocenters. The van der Waals surface area contributed by atoms with Crippen LogP contribution < -0.4 is 40.8 Å². The Kier molecular flexibility index (Phi) is 22.5. The molecule has 1 aliphatic carbocycles. The van der Waals surface area contributed by atoms with Crippen molar-refractivity contribution in [3.8, 4) is 64.6 Å². The van der Waals surface area contributed by atoms with Gasteiger partial charge < -0.3 is 75.8 Å². The maximum absolute atomic E-state index is 13.2. The summed E-state index contributed by atoms with van der Waals surface area (Å²) in [6, 6.07) is 64.1. The SMILES string of the molecule is C#CCOc1ccc(CC2CO2)cc1.C#CCOc1ccc2ccc(OCC3CO3)cc2c1.O=C1N(CC2CO2)C2C(N1CC1CO1)N(CC1CO1)C(=O)N2CC1CO1.O=c1n(CC2CO2)c(=O)n(CC2CO2)c(=O)n1CC1CO1.c1ccc2c(c1)-c1ccccc1C2(c1ccc2cc(OCC3CO3)ccc2c1)c1ccc2cc(OCC3CO3)ccc2c1. The molecule has 11 atom stereocenters. The molecule has 10 aromatic rings. The molecular weight excluding hydrogens is 1580 g/mol. The smallest absolute Gasteiger partial charge is 0.336 e. The Bertz CT molecular complexity index is 5500. The van der Waals surface area contributed by atoms with Gasteiger partial charge in [0.15, 0.2) is 0 Å². The average Bonchev–Trinajstić information content (AvgIpc) is 1.53. The summed E-state index contributed by atoms with van der Waals surface area (Å²) in [5.74, 6) is 9.08. The van der Waals surface area contributed by atoms with Gasteiger partial charge >= 0.3 is 29.1 Å². The highest BCUT2D eigenvalue weighted by atomic mass is 16.6. The standard InChI is InChI=1S/C39H30O4.C16H22N4O6.C16H14O3.C12H15N3O6.C12H12O2/c1-3-7-37-35(5-1)36-6-2-4-8-38(36)39(37,29-13-9-27-19-31(15-11-25(27)17-29)40-21-33-23-42-33)30-14-10-28-20-32(16-12-26(28)18-30)41-22-34-24-43-34;21-15-17(1-9-5-23-9)13-14(19(15)3-11-7-25-11)20(4-12-8-26-12)16(22)18(13)2-10-6-24-10;1-2-7-17-14-5-3-12-4-6-15(9-13(12)8-14)18-10-16-11-19-16;16-10-13(1-7-4-19-7)11(17)15(3-9-6-21-9)12(18)14(10)2-8-5-20-8;1-2-7-13-11-5-3-10(4-6-11)8-12-9-14-12/h1-20,33-34H,21-24H2;9-14H,1-8H2;1,3-6,8-9,16H,7,10-11H2;7-9H,1-6H2;1,3-6,12H,7-9H2. The van der Waals surface area contributed by atoms with Gasteiger partial charge in [0.1, 0.15) is 92.4 Å². The minimum Gasteiger partial charge on any atom is -0.491 e. The lowest BCUT2D eigenvalue weighted by atomic mass is 9.67. The molecule has 13 aliphatic heterocycles. The van der Waals surface area contributed by atoms with Crippen LogP contribution in [0, 0.1) is 24.7 Å². The Morgan fingerprint density at radius 1 is 0.309 bits per heavy atom. The Balaban J connectivity index is 0.000000104. The van der Waals surface area contributed by atoms with E-state index in [9.17, 15) is 24.0 Å². The number of terminal acetylenes is 2. The van der Waals surface area contributed by atoms with E-state index in [-0.39, 0.29) is 112 Å². The van der Waals surface area contributed by atoms with E-state index in [4.69, 9.17) is 88.6 Å². The van der Waals surface area contributed by atoms with Crippen molar-refractivity contribution in [1.29, 1.82) is 0 Å². The quantitative estimate of drug-likeness (QED) is 0.0291. The van der Waals surface area contributed by atoms with Gasteiger partial charge in [-0.25, -0.2) is 37.7 Å². The summed E-state index contributed by atoms with van der Waals surface area (Å²) in [5, 5.41) is 6.92. The van der Waals surface area contributed by atoms with Crippen LogP contribution in [-0.2, 0) is 83.6 Å². The fraction of sp³-hybridized carbons (Fsp3) is 0.400. The van der Waals surface area contributed by atoms with Gasteiger partial charge in [0, 0.05) is 6.42 Å². The molecule has 14 aliphatic rings. The highest BCUT2D eigenvalue weighted by Crippen LogP contribution is 2.57. The molecule has 634 valence electrons. The van der Waals surface area contributed by atoms with E-state index < -0.39 is 22.5 Å². The first-order valence-corrected chi connectivity index (χ1v) is 42.1. The molecule has 0 bridgehead atoms. The van der Waals surface area contributed by atoms with Gasteiger partial charge in [0.25, 0.3) is 0 Å². The third kappa shape index (κ3) is 18.8. The van der Waals surface area contributed by atoms with Crippen molar-refractivity contribution >= 4 is 44.4 Å². The number of urea groups is 2. The number of epoxide rings is 11. The minimum atomic E-state index is -0.594.